The largest absolute Gasteiger partial charge is 0.380 e. The van der Waals surface area contributed by atoms with Gasteiger partial charge in [0.15, 0.2) is 0 Å². The molecule has 1 rings (SSSR count). The summed E-state index contributed by atoms with van der Waals surface area (Å²) in [6.07, 6.45) is 1.01. The van der Waals surface area contributed by atoms with Crippen LogP contribution in [0.3, 0.4) is 0 Å². The summed E-state index contributed by atoms with van der Waals surface area (Å²) in [6.45, 7) is 6.35. The molecule has 0 unspecified atom stereocenters. The first-order chi connectivity index (χ1) is 6.94. The molecule has 0 atom stereocenters. The Morgan fingerprint density at radius 2 is 2.13 bits per heavy atom. The van der Waals surface area contributed by atoms with Crippen molar-refractivity contribution in [3.05, 3.63) is 29.8 Å². The van der Waals surface area contributed by atoms with Crippen LogP contribution in [0.5, 0.6) is 0 Å². The van der Waals surface area contributed by atoms with Gasteiger partial charge in [-0.15, -0.1) is 0 Å². The second kappa shape index (κ2) is 4.34. The van der Waals surface area contributed by atoms with Gasteiger partial charge in [0.2, 0.25) is 5.91 Å². The Kier molecular flexibility index (Phi) is 3.35. The first-order valence-electron chi connectivity index (χ1n) is 5.12. The molecule has 1 aromatic rings. The molecule has 3 heteroatoms. The fourth-order valence-corrected chi connectivity index (χ4v) is 1.23. The SMILES string of the molecule is CCC(C)(C)Nc1cccc(C(N)=O)c1. The zero-order valence-corrected chi connectivity index (χ0v) is 9.50. The molecule has 3 N–H and O–H groups in total. The number of nitrogens with one attached hydrogen (secondary N) is 1. The van der Waals surface area contributed by atoms with Crippen LogP contribution in [-0.4, -0.2) is 11.4 Å². The number of benzene rings is 1. The lowest BCUT2D eigenvalue weighted by Gasteiger charge is -2.26. The lowest BCUT2D eigenvalue weighted by Crippen LogP contribution is -2.29. The van der Waals surface area contributed by atoms with E-state index in [1.54, 1.807) is 12.1 Å². The van der Waals surface area contributed by atoms with Crippen LogP contribution in [0.15, 0.2) is 24.3 Å². The predicted octanol–water partition coefficient (Wildman–Crippen LogP) is 2.39. The molecule has 0 radical (unpaired) electrons. The van der Waals surface area contributed by atoms with E-state index in [4.69, 9.17) is 5.73 Å². The Balaban J connectivity index is 2.87. The number of carbonyl (C=O) groups is 1. The summed E-state index contributed by atoms with van der Waals surface area (Å²) < 4.78 is 0. The minimum absolute atomic E-state index is 0.0241. The van der Waals surface area contributed by atoms with E-state index in [1.165, 1.54) is 0 Å². The second-order valence-corrected chi connectivity index (χ2v) is 4.31. The van der Waals surface area contributed by atoms with Crippen LogP contribution in [0.1, 0.15) is 37.6 Å². The maximum atomic E-state index is 11.0. The summed E-state index contributed by atoms with van der Waals surface area (Å²) >= 11 is 0. The van der Waals surface area contributed by atoms with Crippen molar-refractivity contribution < 1.29 is 4.79 Å². The molecule has 0 spiro atoms. The fraction of sp³-hybridized carbons (Fsp3) is 0.417. The van der Waals surface area contributed by atoms with Crippen LogP contribution in [-0.2, 0) is 0 Å². The minimum Gasteiger partial charge on any atom is -0.380 e. The Morgan fingerprint density at radius 3 is 2.67 bits per heavy atom. The highest BCUT2D eigenvalue weighted by Gasteiger charge is 2.14. The molecule has 0 aliphatic heterocycles. The summed E-state index contributed by atoms with van der Waals surface area (Å²) in [6, 6.07) is 7.25. The van der Waals surface area contributed by atoms with Crippen LogP contribution < -0.4 is 11.1 Å². The third kappa shape index (κ3) is 3.27. The van der Waals surface area contributed by atoms with Crippen LogP contribution in [0.25, 0.3) is 0 Å². The number of amides is 1. The van der Waals surface area contributed by atoms with Gasteiger partial charge < -0.3 is 11.1 Å². The van der Waals surface area contributed by atoms with Gasteiger partial charge in [-0.05, 0) is 38.5 Å². The number of rotatable bonds is 4. The number of carbonyl (C=O) groups excluding carboxylic acids is 1. The zero-order chi connectivity index (χ0) is 11.5. The van der Waals surface area contributed by atoms with Gasteiger partial charge in [-0.1, -0.05) is 13.0 Å². The van der Waals surface area contributed by atoms with Gasteiger partial charge in [0.1, 0.15) is 0 Å². The van der Waals surface area contributed by atoms with E-state index >= 15 is 0 Å². The smallest absolute Gasteiger partial charge is 0.248 e. The van der Waals surface area contributed by atoms with Gasteiger partial charge in [0, 0.05) is 16.8 Å². The molecule has 15 heavy (non-hydrogen) atoms. The molecule has 0 aliphatic rings. The van der Waals surface area contributed by atoms with E-state index in [1.807, 2.05) is 12.1 Å². The average Bonchev–Trinajstić information content (AvgIpc) is 2.17. The van der Waals surface area contributed by atoms with Crippen molar-refractivity contribution in [1.29, 1.82) is 0 Å². The number of primary amides is 1. The third-order valence-corrected chi connectivity index (χ3v) is 2.51. The Morgan fingerprint density at radius 1 is 1.47 bits per heavy atom. The van der Waals surface area contributed by atoms with E-state index in [0.29, 0.717) is 5.56 Å². The topological polar surface area (TPSA) is 55.1 Å². The van der Waals surface area contributed by atoms with E-state index in [-0.39, 0.29) is 5.54 Å². The molecule has 0 fully saturated rings. The van der Waals surface area contributed by atoms with Crippen molar-refractivity contribution in [1.82, 2.24) is 0 Å². The molecule has 0 bridgehead atoms. The zero-order valence-electron chi connectivity index (χ0n) is 9.50. The number of nitrogens with two attached hydrogens (primary N) is 1. The van der Waals surface area contributed by atoms with Crippen molar-refractivity contribution in [2.75, 3.05) is 5.32 Å². The first kappa shape index (κ1) is 11.6. The van der Waals surface area contributed by atoms with E-state index in [2.05, 4.69) is 26.1 Å². The monoisotopic (exact) mass is 206 g/mol. The maximum Gasteiger partial charge on any atom is 0.248 e. The van der Waals surface area contributed by atoms with Crippen LogP contribution in [0, 0.1) is 0 Å². The molecule has 0 aliphatic carbocycles. The number of hydrogen-bond acceptors (Lipinski definition) is 2. The molecule has 82 valence electrons. The second-order valence-electron chi connectivity index (χ2n) is 4.31. The van der Waals surface area contributed by atoms with Gasteiger partial charge in [0.05, 0.1) is 0 Å². The molecular weight excluding hydrogens is 188 g/mol. The lowest BCUT2D eigenvalue weighted by atomic mass is 10.0. The molecule has 0 aromatic heterocycles. The van der Waals surface area contributed by atoms with Crippen molar-refractivity contribution in [3.63, 3.8) is 0 Å². The average molecular weight is 206 g/mol. The fourth-order valence-electron chi connectivity index (χ4n) is 1.23. The summed E-state index contributed by atoms with van der Waals surface area (Å²) in [5, 5.41) is 3.36. The van der Waals surface area contributed by atoms with E-state index < -0.39 is 5.91 Å². The maximum absolute atomic E-state index is 11.0. The van der Waals surface area contributed by atoms with Crippen LogP contribution >= 0.6 is 0 Å². The first-order valence-corrected chi connectivity index (χ1v) is 5.12. The van der Waals surface area contributed by atoms with Crippen LogP contribution in [0.2, 0.25) is 0 Å². The molecular formula is C12H18N2O. The number of hydrogen-bond donors (Lipinski definition) is 2. The van der Waals surface area contributed by atoms with Gasteiger partial charge >= 0.3 is 0 Å². The van der Waals surface area contributed by atoms with Crippen molar-refractivity contribution in [3.8, 4) is 0 Å². The molecule has 0 saturated carbocycles. The van der Waals surface area contributed by atoms with Crippen molar-refractivity contribution in [2.24, 2.45) is 5.73 Å². The molecule has 0 heterocycles. The Hall–Kier alpha value is -1.51. The van der Waals surface area contributed by atoms with Gasteiger partial charge in [-0.25, -0.2) is 0 Å². The highest BCUT2D eigenvalue weighted by molar-refractivity contribution is 5.93. The number of anilines is 1. The summed E-state index contributed by atoms with van der Waals surface area (Å²) in [7, 11) is 0. The highest BCUT2D eigenvalue weighted by Crippen LogP contribution is 2.18. The lowest BCUT2D eigenvalue weighted by molar-refractivity contribution is 0.100. The van der Waals surface area contributed by atoms with E-state index in [9.17, 15) is 4.79 Å². The predicted molar refractivity (Wildman–Crippen MR) is 63.0 cm³/mol. The Labute approximate surface area is 90.7 Å². The molecule has 1 amide bonds. The van der Waals surface area contributed by atoms with Crippen molar-refractivity contribution in [2.45, 2.75) is 32.7 Å². The quantitative estimate of drug-likeness (QED) is 0.794. The van der Waals surface area contributed by atoms with E-state index in [0.717, 1.165) is 12.1 Å². The Bertz CT molecular complexity index is 358. The summed E-state index contributed by atoms with van der Waals surface area (Å²) in [5.41, 5.74) is 6.70. The molecule has 3 nitrogen and oxygen atoms in total. The molecule has 1 aromatic carbocycles. The van der Waals surface area contributed by atoms with Crippen LogP contribution in [0.4, 0.5) is 5.69 Å². The normalized spacial score (nSPS) is 11.1. The van der Waals surface area contributed by atoms with Crippen molar-refractivity contribution >= 4 is 11.6 Å². The molecule has 0 saturated heterocycles. The van der Waals surface area contributed by atoms with Gasteiger partial charge in [-0.2, -0.15) is 0 Å². The summed E-state index contributed by atoms with van der Waals surface area (Å²) in [4.78, 5) is 11.0. The van der Waals surface area contributed by atoms with Gasteiger partial charge in [-0.3, -0.25) is 4.79 Å². The highest BCUT2D eigenvalue weighted by atomic mass is 16.1. The standard InChI is InChI=1S/C12H18N2O/c1-4-12(2,3)14-10-7-5-6-9(8-10)11(13)15/h5-8,14H,4H2,1-3H3,(H2,13,15). The minimum atomic E-state index is -0.395. The van der Waals surface area contributed by atoms with Gasteiger partial charge in [0.25, 0.3) is 0 Å². The summed E-state index contributed by atoms with van der Waals surface area (Å²) in [5.74, 6) is -0.395. The third-order valence-electron chi connectivity index (χ3n) is 2.51.